The van der Waals surface area contributed by atoms with Crippen molar-refractivity contribution in [3.63, 3.8) is 0 Å². The van der Waals surface area contributed by atoms with Gasteiger partial charge < -0.3 is 14.3 Å². The van der Waals surface area contributed by atoms with Gasteiger partial charge in [0, 0.05) is 5.92 Å². The van der Waals surface area contributed by atoms with E-state index in [9.17, 15) is 9.59 Å². The van der Waals surface area contributed by atoms with Gasteiger partial charge in [-0.25, -0.2) is 9.78 Å². The summed E-state index contributed by atoms with van der Waals surface area (Å²) in [5.41, 5.74) is 0.106. The normalized spacial score (nSPS) is 16.7. The molecule has 6 heteroatoms. The third-order valence-electron chi connectivity index (χ3n) is 4.67. The molecule has 0 unspecified atom stereocenters. The molecule has 0 bridgehead atoms. The Kier molecular flexibility index (Phi) is 7.28. The molecule has 6 nitrogen and oxygen atoms in total. The molecule has 1 N–H and O–H groups in total. The van der Waals surface area contributed by atoms with E-state index in [0.29, 0.717) is 12.3 Å². The number of ether oxygens (including phenoxy) is 1. The highest BCUT2D eigenvalue weighted by Gasteiger charge is 2.23. The van der Waals surface area contributed by atoms with Crippen molar-refractivity contribution in [1.82, 2.24) is 4.98 Å². The summed E-state index contributed by atoms with van der Waals surface area (Å²) in [6.07, 6.45) is 10.6. The maximum absolute atomic E-state index is 11.7. The molecule has 0 radical (unpaired) electrons. The molecular weight excluding hydrogens is 310 g/mol. The topological polar surface area (TPSA) is 89.6 Å². The first-order chi connectivity index (χ1) is 11.6. The molecule has 1 aliphatic rings. The largest absolute Gasteiger partial charge is 0.481 e. The van der Waals surface area contributed by atoms with Gasteiger partial charge in [0.05, 0.1) is 13.0 Å². The summed E-state index contributed by atoms with van der Waals surface area (Å²) >= 11 is 0. The molecule has 2 rings (SSSR count). The Morgan fingerprint density at radius 2 is 2.12 bits per heavy atom. The average Bonchev–Trinajstić information content (AvgIpc) is 3.05. The maximum atomic E-state index is 11.7. The van der Waals surface area contributed by atoms with Crippen LogP contribution in [0.25, 0.3) is 0 Å². The van der Waals surface area contributed by atoms with Gasteiger partial charge >= 0.3 is 11.9 Å². The van der Waals surface area contributed by atoms with Crippen molar-refractivity contribution >= 4 is 11.9 Å². The third-order valence-corrected chi connectivity index (χ3v) is 4.67. The molecule has 0 aromatic carbocycles. The summed E-state index contributed by atoms with van der Waals surface area (Å²) in [5, 5.41) is 9.13. The minimum Gasteiger partial charge on any atom is -0.481 e. The number of nitrogens with zero attached hydrogens (tertiary/aromatic N) is 1. The van der Waals surface area contributed by atoms with Crippen LogP contribution in [0.3, 0.4) is 0 Å². The highest BCUT2D eigenvalue weighted by atomic mass is 16.5. The monoisotopic (exact) mass is 337 g/mol. The second-order valence-electron chi connectivity index (χ2n) is 6.52. The summed E-state index contributed by atoms with van der Waals surface area (Å²) in [5.74, 6) is -0.625. The number of aromatic nitrogens is 1. The minimum atomic E-state index is -0.881. The van der Waals surface area contributed by atoms with Crippen molar-refractivity contribution < 1.29 is 23.8 Å². The van der Waals surface area contributed by atoms with Gasteiger partial charge in [0.15, 0.2) is 11.6 Å². The van der Waals surface area contributed by atoms with E-state index in [2.05, 4.69) is 4.98 Å². The van der Waals surface area contributed by atoms with Crippen molar-refractivity contribution in [3.8, 4) is 0 Å². The zero-order valence-corrected chi connectivity index (χ0v) is 14.3. The van der Waals surface area contributed by atoms with Crippen molar-refractivity contribution in [2.45, 2.75) is 70.6 Å². The lowest BCUT2D eigenvalue weighted by molar-refractivity contribution is -0.137. The second-order valence-corrected chi connectivity index (χ2v) is 6.52. The molecule has 0 spiro atoms. The number of carboxylic acids is 1. The number of oxazole rings is 1. The average molecular weight is 337 g/mol. The van der Waals surface area contributed by atoms with E-state index in [1.807, 2.05) is 0 Å². The lowest BCUT2D eigenvalue weighted by Crippen LogP contribution is -2.10. The molecule has 1 aromatic heterocycles. The van der Waals surface area contributed by atoms with E-state index in [1.54, 1.807) is 6.92 Å². The lowest BCUT2D eigenvalue weighted by Gasteiger charge is -2.22. The van der Waals surface area contributed by atoms with Gasteiger partial charge in [-0.05, 0) is 19.3 Å². The third kappa shape index (κ3) is 5.65. The molecule has 134 valence electrons. The number of rotatable bonds is 9. The fourth-order valence-electron chi connectivity index (χ4n) is 3.43. The van der Waals surface area contributed by atoms with Crippen LogP contribution in [-0.2, 0) is 9.53 Å². The van der Waals surface area contributed by atoms with Crippen molar-refractivity contribution in [2.75, 3.05) is 6.61 Å². The predicted molar refractivity (Wildman–Crippen MR) is 87.9 cm³/mol. The highest BCUT2D eigenvalue weighted by Crippen LogP contribution is 2.31. The van der Waals surface area contributed by atoms with E-state index in [0.717, 1.165) is 18.8 Å². The first-order valence-electron chi connectivity index (χ1n) is 8.94. The lowest BCUT2D eigenvalue weighted by atomic mass is 9.84. The van der Waals surface area contributed by atoms with Gasteiger partial charge in [-0.2, -0.15) is 0 Å². The predicted octanol–water partition coefficient (Wildman–Crippen LogP) is 4.16. The number of hydrogen-bond acceptors (Lipinski definition) is 5. The first-order valence-corrected chi connectivity index (χ1v) is 8.94. The summed E-state index contributed by atoms with van der Waals surface area (Å²) in [6, 6.07) is 0. The fourth-order valence-corrected chi connectivity index (χ4v) is 3.43. The SMILES string of the molecule is CCOC(=O)c1coc([C@H](CCCC2CCCCC2)CC(=O)O)n1. The van der Waals surface area contributed by atoms with E-state index in [-0.39, 0.29) is 24.6 Å². The van der Waals surface area contributed by atoms with Gasteiger partial charge in [-0.3, -0.25) is 4.79 Å². The van der Waals surface area contributed by atoms with Crippen LogP contribution >= 0.6 is 0 Å². The van der Waals surface area contributed by atoms with E-state index in [1.165, 1.54) is 38.4 Å². The van der Waals surface area contributed by atoms with Crippen molar-refractivity contribution in [1.29, 1.82) is 0 Å². The van der Waals surface area contributed by atoms with Crippen molar-refractivity contribution in [2.24, 2.45) is 5.92 Å². The molecule has 1 aliphatic carbocycles. The number of aliphatic carboxylic acids is 1. The molecule has 0 amide bonds. The van der Waals surface area contributed by atoms with Gasteiger partial charge in [-0.1, -0.05) is 44.9 Å². The summed E-state index contributed by atoms with van der Waals surface area (Å²) in [7, 11) is 0. The van der Waals surface area contributed by atoms with Crippen LogP contribution in [0.5, 0.6) is 0 Å². The van der Waals surface area contributed by atoms with Crippen LogP contribution in [0.2, 0.25) is 0 Å². The second kappa shape index (κ2) is 9.45. The van der Waals surface area contributed by atoms with Crippen molar-refractivity contribution in [3.05, 3.63) is 17.8 Å². The van der Waals surface area contributed by atoms with Gasteiger partial charge in [0.2, 0.25) is 0 Å². The maximum Gasteiger partial charge on any atom is 0.360 e. The minimum absolute atomic E-state index is 0.0343. The van der Waals surface area contributed by atoms with E-state index < -0.39 is 11.9 Å². The Morgan fingerprint density at radius 3 is 2.79 bits per heavy atom. The zero-order valence-electron chi connectivity index (χ0n) is 14.3. The number of carbonyl (C=O) groups excluding carboxylic acids is 1. The molecule has 1 saturated carbocycles. The molecule has 24 heavy (non-hydrogen) atoms. The Hall–Kier alpha value is -1.85. The van der Waals surface area contributed by atoms with E-state index in [4.69, 9.17) is 14.3 Å². The fraction of sp³-hybridized carbons (Fsp3) is 0.722. The number of carbonyl (C=O) groups is 2. The molecule has 1 fully saturated rings. The highest BCUT2D eigenvalue weighted by molar-refractivity contribution is 5.86. The molecule has 1 atom stereocenters. The number of hydrogen-bond donors (Lipinski definition) is 1. The van der Waals surface area contributed by atoms with Gasteiger partial charge in [-0.15, -0.1) is 0 Å². The number of esters is 1. The molecule has 1 aromatic rings. The smallest absolute Gasteiger partial charge is 0.360 e. The summed E-state index contributed by atoms with van der Waals surface area (Å²) in [6.45, 7) is 1.98. The van der Waals surface area contributed by atoms with E-state index >= 15 is 0 Å². The summed E-state index contributed by atoms with van der Waals surface area (Å²) < 4.78 is 10.2. The van der Waals surface area contributed by atoms with Gasteiger partial charge in [0.25, 0.3) is 0 Å². The van der Waals surface area contributed by atoms with Crippen LogP contribution in [0.15, 0.2) is 10.7 Å². The first kappa shape index (κ1) is 18.5. The van der Waals surface area contributed by atoms with Crippen LogP contribution < -0.4 is 0 Å². The molecule has 1 heterocycles. The number of carboxylic acid groups (broad SMARTS) is 1. The standard InChI is InChI=1S/C18H27NO5/c1-2-23-18(22)15-12-24-17(19-15)14(11-16(20)21)10-6-9-13-7-4-3-5-8-13/h12-14H,2-11H2,1H3,(H,20,21)/t14-/m1/s1. The molecule has 0 aliphatic heterocycles. The molecule has 0 saturated heterocycles. The van der Waals surface area contributed by atoms with Gasteiger partial charge in [0.1, 0.15) is 6.26 Å². The molecular formula is C18H27NO5. The van der Waals surface area contributed by atoms with Crippen LogP contribution in [0.1, 0.15) is 87.0 Å². The quantitative estimate of drug-likeness (QED) is 0.681. The summed E-state index contributed by atoms with van der Waals surface area (Å²) in [4.78, 5) is 26.9. The zero-order chi connectivity index (χ0) is 17.4. The Labute approximate surface area is 142 Å². The van der Waals surface area contributed by atoms with Crippen LogP contribution in [0.4, 0.5) is 0 Å². The van der Waals surface area contributed by atoms with Crippen LogP contribution in [0, 0.1) is 5.92 Å². The Morgan fingerprint density at radius 1 is 1.38 bits per heavy atom. The Bertz CT molecular complexity index is 533. The Balaban J connectivity index is 1.91. The van der Waals surface area contributed by atoms with Crippen LogP contribution in [-0.4, -0.2) is 28.6 Å².